The van der Waals surface area contributed by atoms with Crippen LogP contribution in [0.5, 0.6) is 0 Å². The molecule has 0 unspecified atom stereocenters. The van der Waals surface area contributed by atoms with Gasteiger partial charge in [0.1, 0.15) is 5.82 Å². The van der Waals surface area contributed by atoms with Gasteiger partial charge in [0.25, 0.3) is 0 Å². The van der Waals surface area contributed by atoms with E-state index in [0.29, 0.717) is 5.56 Å². The van der Waals surface area contributed by atoms with Gasteiger partial charge in [-0.05, 0) is 37.0 Å². The van der Waals surface area contributed by atoms with Crippen LogP contribution in [-0.2, 0) is 16.0 Å². The molecule has 0 saturated heterocycles. The number of hydrogen-bond donors (Lipinski definition) is 0. The zero-order valence-electron chi connectivity index (χ0n) is 12.8. The van der Waals surface area contributed by atoms with Crippen molar-refractivity contribution in [2.75, 3.05) is 7.11 Å². The minimum absolute atomic E-state index is 0.216. The van der Waals surface area contributed by atoms with Crippen molar-refractivity contribution in [1.82, 2.24) is 0 Å². The summed E-state index contributed by atoms with van der Waals surface area (Å²) in [5.74, 6) is -0.542. The summed E-state index contributed by atoms with van der Waals surface area (Å²) in [6.07, 6.45) is 3.12. The number of aryl methyl sites for hydroxylation is 1. The van der Waals surface area contributed by atoms with Crippen molar-refractivity contribution >= 4 is 5.97 Å². The van der Waals surface area contributed by atoms with Crippen molar-refractivity contribution < 1.29 is 13.9 Å². The van der Waals surface area contributed by atoms with Crippen LogP contribution in [0.1, 0.15) is 18.9 Å². The van der Waals surface area contributed by atoms with Crippen molar-refractivity contribution in [3.8, 4) is 11.1 Å². The van der Waals surface area contributed by atoms with E-state index >= 15 is 0 Å². The Morgan fingerprint density at radius 2 is 1.82 bits per heavy atom. The molecule has 0 N–H and O–H groups in total. The highest BCUT2D eigenvalue weighted by atomic mass is 19.1. The molecular weight excluding hydrogens is 279 g/mol. The van der Waals surface area contributed by atoms with Gasteiger partial charge in [-0.3, -0.25) is 0 Å². The average Bonchev–Trinajstić information content (AvgIpc) is 2.54. The van der Waals surface area contributed by atoms with Crippen LogP contribution in [0.4, 0.5) is 4.39 Å². The Labute approximate surface area is 130 Å². The summed E-state index contributed by atoms with van der Waals surface area (Å²) in [5, 5.41) is 0. The quantitative estimate of drug-likeness (QED) is 0.598. The molecule has 0 spiro atoms. The molecular formula is C19H19FO2. The third-order valence-corrected chi connectivity index (χ3v) is 3.51. The average molecular weight is 298 g/mol. The summed E-state index contributed by atoms with van der Waals surface area (Å²) >= 11 is 0. The van der Waals surface area contributed by atoms with Gasteiger partial charge in [-0.25, -0.2) is 9.18 Å². The van der Waals surface area contributed by atoms with Crippen LogP contribution < -0.4 is 0 Å². The standard InChI is InChI=1S/C19H19FO2/c1-14(13-19(21)22-2)7-8-15-9-11-16(12-10-15)17-5-3-4-6-18(17)20/h3-6,9-13H,7-8H2,1-2H3/b14-13+. The van der Waals surface area contributed by atoms with Gasteiger partial charge in [0, 0.05) is 11.6 Å². The van der Waals surface area contributed by atoms with E-state index in [1.807, 2.05) is 37.3 Å². The number of benzene rings is 2. The van der Waals surface area contributed by atoms with Crippen LogP contribution in [0.3, 0.4) is 0 Å². The van der Waals surface area contributed by atoms with Crippen molar-refractivity contribution in [2.24, 2.45) is 0 Å². The summed E-state index contributed by atoms with van der Waals surface area (Å²) in [5.41, 5.74) is 3.60. The van der Waals surface area contributed by atoms with Gasteiger partial charge in [-0.2, -0.15) is 0 Å². The molecule has 0 aliphatic carbocycles. The second-order valence-corrected chi connectivity index (χ2v) is 5.19. The number of rotatable bonds is 5. The van der Waals surface area contributed by atoms with Crippen LogP contribution in [-0.4, -0.2) is 13.1 Å². The SMILES string of the molecule is COC(=O)/C=C(\C)CCc1ccc(-c2ccccc2F)cc1. The number of carbonyl (C=O) groups is 1. The maximum Gasteiger partial charge on any atom is 0.330 e. The van der Waals surface area contributed by atoms with E-state index in [1.54, 1.807) is 12.1 Å². The van der Waals surface area contributed by atoms with E-state index in [0.717, 1.165) is 29.5 Å². The molecule has 114 valence electrons. The molecule has 2 aromatic carbocycles. The van der Waals surface area contributed by atoms with E-state index in [9.17, 15) is 9.18 Å². The molecule has 0 radical (unpaired) electrons. The first kappa shape index (κ1) is 16.0. The number of allylic oxidation sites excluding steroid dienone is 1. The molecule has 0 aliphatic heterocycles. The summed E-state index contributed by atoms with van der Waals surface area (Å²) in [7, 11) is 1.37. The van der Waals surface area contributed by atoms with E-state index in [4.69, 9.17) is 0 Å². The fourth-order valence-corrected chi connectivity index (χ4v) is 2.22. The van der Waals surface area contributed by atoms with Crippen LogP contribution in [0.25, 0.3) is 11.1 Å². The molecule has 2 nitrogen and oxygen atoms in total. The third-order valence-electron chi connectivity index (χ3n) is 3.51. The van der Waals surface area contributed by atoms with Crippen LogP contribution in [0.2, 0.25) is 0 Å². The predicted molar refractivity (Wildman–Crippen MR) is 85.9 cm³/mol. The van der Waals surface area contributed by atoms with Gasteiger partial charge in [0.15, 0.2) is 0 Å². The molecule has 0 aromatic heterocycles. The molecule has 22 heavy (non-hydrogen) atoms. The van der Waals surface area contributed by atoms with E-state index in [2.05, 4.69) is 4.74 Å². The highest BCUT2D eigenvalue weighted by Crippen LogP contribution is 2.23. The first-order chi connectivity index (χ1) is 10.6. The first-order valence-electron chi connectivity index (χ1n) is 7.19. The second-order valence-electron chi connectivity index (χ2n) is 5.19. The van der Waals surface area contributed by atoms with Crippen molar-refractivity contribution in [3.05, 3.63) is 71.6 Å². The molecule has 0 atom stereocenters. The van der Waals surface area contributed by atoms with Gasteiger partial charge in [-0.1, -0.05) is 48.0 Å². The number of ether oxygens (including phenoxy) is 1. The molecule has 0 heterocycles. The summed E-state index contributed by atoms with van der Waals surface area (Å²) in [4.78, 5) is 11.1. The lowest BCUT2D eigenvalue weighted by Crippen LogP contribution is -1.97. The third kappa shape index (κ3) is 4.29. The van der Waals surface area contributed by atoms with Gasteiger partial charge >= 0.3 is 5.97 Å². The Hall–Kier alpha value is -2.42. The Balaban J connectivity index is 2.03. The largest absolute Gasteiger partial charge is 0.466 e. The molecule has 0 aliphatic rings. The van der Waals surface area contributed by atoms with Gasteiger partial charge in [-0.15, -0.1) is 0 Å². The number of carbonyl (C=O) groups excluding carboxylic acids is 1. The van der Waals surface area contributed by atoms with Gasteiger partial charge < -0.3 is 4.74 Å². The molecule has 0 saturated carbocycles. The highest BCUT2D eigenvalue weighted by Gasteiger charge is 2.04. The van der Waals surface area contributed by atoms with Crippen molar-refractivity contribution in [1.29, 1.82) is 0 Å². The number of esters is 1. The fraction of sp³-hybridized carbons (Fsp3) is 0.211. The first-order valence-corrected chi connectivity index (χ1v) is 7.19. The summed E-state index contributed by atoms with van der Waals surface area (Å²) in [6.45, 7) is 1.91. The smallest absolute Gasteiger partial charge is 0.330 e. The van der Waals surface area contributed by atoms with Gasteiger partial charge in [0.2, 0.25) is 0 Å². The minimum atomic E-state index is -0.326. The predicted octanol–water partition coefficient (Wildman–Crippen LogP) is 4.54. The topological polar surface area (TPSA) is 26.3 Å². The Bertz CT molecular complexity index is 672. The molecule has 3 heteroatoms. The molecule has 0 bridgehead atoms. The zero-order valence-corrected chi connectivity index (χ0v) is 12.8. The lowest BCUT2D eigenvalue weighted by atomic mass is 10.0. The van der Waals surface area contributed by atoms with Crippen LogP contribution in [0, 0.1) is 5.82 Å². The maximum absolute atomic E-state index is 13.7. The van der Waals surface area contributed by atoms with E-state index in [-0.39, 0.29) is 11.8 Å². The fourth-order valence-electron chi connectivity index (χ4n) is 2.22. The van der Waals surface area contributed by atoms with Crippen molar-refractivity contribution in [3.63, 3.8) is 0 Å². The van der Waals surface area contributed by atoms with E-state index in [1.165, 1.54) is 19.3 Å². The lowest BCUT2D eigenvalue weighted by molar-refractivity contribution is -0.134. The normalized spacial score (nSPS) is 11.3. The zero-order chi connectivity index (χ0) is 15.9. The highest BCUT2D eigenvalue weighted by molar-refractivity contribution is 5.82. The second kappa shape index (κ2) is 7.55. The lowest BCUT2D eigenvalue weighted by Gasteiger charge is -2.06. The summed E-state index contributed by atoms with van der Waals surface area (Å²) < 4.78 is 18.3. The Morgan fingerprint density at radius 3 is 2.45 bits per heavy atom. The Kier molecular flexibility index (Phi) is 5.48. The number of hydrogen-bond acceptors (Lipinski definition) is 2. The Morgan fingerprint density at radius 1 is 1.14 bits per heavy atom. The summed E-state index contributed by atoms with van der Waals surface area (Å²) in [6, 6.07) is 14.6. The van der Waals surface area contributed by atoms with E-state index < -0.39 is 0 Å². The van der Waals surface area contributed by atoms with Crippen LogP contribution in [0.15, 0.2) is 60.2 Å². The molecule has 2 rings (SSSR count). The van der Waals surface area contributed by atoms with Gasteiger partial charge in [0.05, 0.1) is 7.11 Å². The molecule has 2 aromatic rings. The monoisotopic (exact) mass is 298 g/mol. The molecule has 0 amide bonds. The molecule has 0 fully saturated rings. The van der Waals surface area contributed by atoms with Crippen LogP contribution >= 0.6 is 0 Å². The van der Waals surface area contributed by atoms with Crippen molar-refractivity contribution in [2.45, 2.75) is 19.8 Å². The number of halogens is 1. The minimum Gasteiger partial charge on any atom is -0.466 e. The maximum atomic E-state index is 13.7. The number of methoxy groups -OCH3 is 1.